The minimum atomic E-state index is -0.0535. The molecule has 0 saturated carbocycles. The van der Waals surface area contributed by atoms with Crippen molar-refractivity contribution in [2.75, 3.05) is 26.9 Å². The second-order valence-corrected chi connectivity index (χ2v) is 5.39. The zero-order valence-corrected chi connectivity index (χ0v) is 13.9. The average molecular weight is 307 g/mol. The molecule has 4 heteroatoms. The third kappa shape index (κ3) is 8.03. The predicted molar refractivity (Wildman–Crippen MR) is 89.5 cm³/mol. The minimum absolute atomic E-state index is 0.0535. The van der Waals surface area contributed by atoms with E-state index in [9.17, 15) is 4.79 Å². The zero-order chi connectivity index (χ0) is 16.0. The van der Waals surface area contributed by atoms with Crippen molar-refractivity contribution in [3.05, 3.63) is 29.8 Å². The summed E-state index contributed by atoms with van der Waals surface area (Å²) in [5.74, 6) is 0.772. The van der Waals surface area contributed by atoms with E-state index < -0.39 is 0 Å². The lowest BCUT2D eigenvalue weighted by molar-refractivity contribution is 0.0948. The molecule has 0 aliphatic rings. The first-order valence-electron chi connectivity index (χ1n) is 8.28. The molecule has 1 aromatic rings. The van der Waals surface area contributed by atoms with Crippen molar-refractivity contribution in [2.45, 2.75) is 45.4 Å². The Morgan fingerprint density at radius 2 is 1.73 bits per heavy atom. The van der Waals surface area contributed by atoms with Crippen molar-refractivity contribution in [1.29, 1.82) is 0 Å². The lowest BCUT2D eigenvalue weighted by Crippen LogP contribution is -2.25. The van der Waals surface area contributed by atoms with Crippen molar-refractivity contribution in [1.82, 2.24) is 5.32 Å². The van der Waals surface area contributed by atoms with Gasteiger partial charge in [0.15, 0.2) is 0 Å². The lowest BCUT2D eigenvalue weighted by atomic mass is 10.2. The van der Waals surface area contributed by atoms with E-state index in [0.29, 0.717) is 18.7 Å². The first kappa shape index (κ1) is 18.5. The number of hydrogen-bond donors (Lipinski definition) is 1. The molecule has 0 aliphatic carbocycles. The second kappa shape index (κ2) is 12.0. The van der Waals surface area contributed by atoms with E-state index in [4.69, 9.17) is 9.47 Å². The second-order valence-electron chi connectivity index (χ2n) is 5.39. The van der Waals surface area contributed by atoms with Gasteiger partial charge in [-0.3, -0.25) is 4.79 Å². The van der Waals surface area contributed by atoms with Crippen LogP contribution in [0.5, 0.6) is 5.75 Å². The molecule has 0 saturated heterocycles. The minimum Gasteiger partial charge on any atom is -0.494 e. The van der Waals surface area contributed by atoms with Gasteiger partial charge in [-0.2, -0.15) is 0 Å². The summed E-state index contributed by atoms with van der Waals surface area (Å²) in [6.07, 6.45) is 6.96. The van der Waals surface area contributed by atoms with E-state index in [1.54, 1.807) is 19.2 Å². The van der Waals surface area contributed by atoms with Gasteiger partial charge in [0.25, 0.3) is 5.91 Å². The number of amides is 1. The van der Waals surface area contributed by atoms with Gasteiger partial charge in [-0.15, -0.1) is 0 Å². The van der Waals surface area contributed by atoms with Gasteiger partial charge in [-0.25, -0.2) is 0 Å². The molecule has 0 aromatic heterocycles. The largest absolute Gasteiger partial charge is 0.494 e. The van der Waals surface area contributed by atoms with Crippen LogP contribution in [-0.4, -0.2) is 32.8 Å². The number of hydrogen-bond acceptors (Lipinski definition) is 3. The molecular weight excluding hydrogens is 278 g/mol. The van der Waals surface area contributed by atoms with Gasteiger partial charge in [0.2, 0.25) is 0 Å². The Kier molecular flexibility index (Phi) is 10.1. The Morgan fingerprint density at radius 3 is 2.41 bits per heavy atom. The maximum Gasteiger partial charge on any atom is 0.251 e. The predicted octanol–water partition coefficient (Wildman–Crippen LogP) is 3.80. The molecule has 0 bridgehead atoms. The van der Waals surface area contributed by atoms with Crippen LogP contribution in [0.3, 0.4) is 0 Å². The fourth-order valence-electron chi connectivity index (χ4n) is 2.12. The standard InChI is InChI=1S/C18H29NO3/c1-3-4-5-6-7-15-22-17-11-9-16(10-12-17)18(20)19-13-8-14-21-2/h9-12H,3-8,13-15H2,1-2H3,(H,19,20). The monoisotopic (exact) mass is 307 g/mol. The maximum atomic E-state index is 11.9. The molecule has 0 unspecified atom stereocenters. The lowest BCUT2D eigenvalue weighted by Gasteiger charge is -2.08. The van der Waals surface area contributed by atoms with Gasteiger partial charge in [-0.1, -0.05) is 32.6 Å². The molecule has 0 spiro atoms. The van der Waals surface area contributed by atoms with Crippen LogP contribution in [0.15, 0.2) is 24.3 Å². The molecule has 0 radical (unpaired) electrons. The number of benzene rings is 1. The highest BCUT2D eigenvalue weighted by Gasteiger charge is 2.04. The first-order valence-corrected chi connectivity index (χ1v) is 8.28. The van der Waals surface area contributed by atoms with Crippen molar-refractivity contribution < 1.29 is 14.3 Å². The number of nitrogens with one attached hydrogen (secondary N) is 1. The van der Waals surface area contributed by atoms with Crippen LogP contribution in [0.25, 0.3) is 0 Å². The Hall–Kier alpha value is -1.55. The van der Waals surface area contributed by atoms with Crippen molar-refractivity contribution in [2.24, 2.45) is 0 Å². The van der Waals surface area contributed by atoms with Gasteiger partial charge < -0.3 is 14.8 Å². The van der Waals surface area contributed by atoms with Crippen LogP contribution in [0, 0.1) is 0 Å². The molecule has 0 aliphatic heterocycles. The summed E-state index contributed by atoms with van der Waals surface area (Å²) in [6.45, 7) is 4.24. The van der Waals surface area contributed by atoms with Crippen molar-refractivity contribution >= 4 is 5.91 Å². The SMILES string of the molecule is CCCCCCCOc1ccc(C(=O)NCCCOC)cc1. The van der Waals surface area contributed by atoms with E-state index >= 15 is 0 Å². The fraction of sp³-hybridized carbons (Fsp3) is 0.611. The van der Waals surface area contributed by atoms with Crippen molar-refractivity contribution in [3.63, 3.8) is 0 Å². The van der Waals surface area contributed by atoms with Crippen LogP contribution >= 0.6 is 0 Å². The molecule has 4 nitrogen and oxygen atoms in total. The molecule has 1 aromatic carbocycles. The van der Waals surface area contributed by atoms with E-state index in [1.165, 1.54) is 25.7 Å². The number of carbonyl (C=O) groups excluding carboxylic acids is 1. The number of carbonyl (C=O) groups is 1. The summed E-state index contributed by atoms with van der Waals surface area (Å²) in [4.78, 5) is 11.9. The molecule has 22 heavy (non-hydrogen) atoms. The molecule has 1 N–H and O–H groups in total. The van der Waals surface area contributed by atoms with E-state index in [2.05, 4.69) is 12.2 Å². The molecular formula is C18H29NO3. The van der Waals surface area contributed by atoms with Crippen LogP contribution in [0.2, 0.25) is 0 Å². The molecule has 124 valence electrons. The van der Waals surface area contributed by atoms with E-state index in [0.717, 1.165) is 25.2 Å². The number of methoxy groups -OCH3 is 1. The summed E-state index contributed by atoms with van der Waals surface area (Å²) in [6, 6.07) is 7.32. The van der Waals surface area contributed by atoms with Crippen LogP contribution in [0.1, 0.15) is 55.8 Å². The Labute approximate surface area is 134 Å². The maximum absolute atomic E-state index is 11.9. The third-order valence-electron chi connectivity index (χ3n) is 3.44. The zero-order valence-electron chi connectivity index (χ0n) is 13.9. The summed E-state index contributed by atoms with van der Waals surface area (Å²) in [5.41, 5.74) is 0.660. The highest BCUT2D eigenvalue weighted by atomic mass is 16.5. The topological polar surface area (TPSA) is 47.6 Å². The average Bonchev–Trinajstić information content (AvgIpc) is 2.55. The van der Waals surface area contributed by atoms with Crippen LogP contribution in [0.4, 0.5) is 0 Å². The molecule has 1 rings (SSSR count). The van der Waals surface area contributed by atoms with Crippen LogP contribution in [-0.2, 0) is 4.74 Å². The summed E-state index contributed by atoms with van der Waals surface area (Å²) >= 11 is 0. The van der Waals surface area contributed by atoms with Gasteiger partial charge in [0.05, 0.1) is 6.61 Å². The highest BCUT2D eigenvalue weighted by molar-refractivity contribution is 5.94. The van der Waals surface area contributed by atoms with E-state index in [1.807, 2.05) is 12.1 Å². The van der Waals surface area contributed by atoms with Gasteiger partial charge in [-0.05, 0) is 37.1 Å². The van der Waals surface area contributed by atoms with Crippen LogP contribution < -0.4 is 10.1 Å². The third-order valence-corrected chi connectivity index (χ3v) is 3.44. The number of rotatable bonds is 12. The van der Waals surface area contributed by atoms with Crippen molar-refractivity contribution in [3.8, 4) is 5.75 Å². The molecule has 0 atom stereocenters. The van der Waals surface area contributed by atoms with E-state index in [-0.39, 0.29) is 5.91 Å². The Balaban J connectivity index is 2.23. The summed E-state index contributed by atoms with van der Waals surface area (Å²) in [5, 5.41) is 2.87. The first-order chi connectivity index (χ1) is 10.8. The van der Waals surface area contributed by atoms with Gasteiger partial charge in [0, 0.05) is 25.8 Å². The molecule has 1 amide bonds. The highest BCUT2D eigenvalue weighted by Crippen LogP contribution is 2.13. The summed E-state index contributed by atoms with van der Waals surface area (Å²) in [7, 11) is 1.66. The number of unbranched alkanes of at least 4 members (excludes halogenated alkanes) is 4. The Bertz CT molecular complexity index is 403. The number of ether oxygens (including phenoxy) is 2. The van der Waals surface area contributed by atoms with Gasteiger partial charge in [0.1, 0.15) is 5.75 Å². The normalized spacial score (nSPS) is 10.5. The Morgan fingerprint density at radius 1 is 1.00 bits per heavy atom. The molecule has 0 heterocycles. The summed E-state index contributed by atoms with van der Waals surface area (Å²) < 4.78 is 10.6. The fourth-order valence-corrected chi connectivity index (χ4v) is 2.12. The van der Waals surface area contributed by atoms with Gasteiger partial charge >= 0.3 is 0 Å². The quantitative estimate of drug-likeness (QED) is 0.597. The smallest absolute Gasteiger partial charge is 0.251 e. The molecule has 0 fully saturated rings.